The van der Waals surface area contributed by atoms with Crippen molar-refractivity contribution in [3.8, 4) is 0 Å². The predicted molar refractivity (Wildman–Crippen MR) is 92.7 cm³/mol. The number of hydrogen-bond donors (Lipinski definition) is 1. The van der Waals surface area contributed by atoms with Crippen LogP contribution in [0.1, 0.15) is 65.6 Å². The minimum atomic E-state index is 0.105. The first kappa shape index (κ1) is 17.0. The summed E-state index contributed by atoms with van der Waals surface area (Å²) in [7, 11) is 2.11. The molecule has 3 unspecified atom stereocenters. The van der Waals surface area contributed by atoms with Crippen LogP contribution in [0.25, 0.3) is 0 Å². The highest BCUT2D eigenvalue weighted by Gasteiger charge is 2.42. The maximum Gasteiger partial charge on any atom is 0.0635 e. The number of halogens is 1. The summed E-state index contributed by atoms with van der Waals surface area (Å²) in [4.78, 5) is 0. The molecule has 1 aliphatic rings. The molecular formula is C17H30BrN3. The number of nitrogens with zero attached hydrogens (tertiary/aromatic N) is 2. The van der Waals surface area contributed by atoms with Gasteiger partial charge in [-0.15, -0.1) is 0 Å². The summed E-state index contributed by atoms with van der Waals surface area (Å²) in [6.45, 7) is 11.6. The van der Waals surface area contributed by atoms with Gasteiger partial charge in [0.2, 0.25) is 0 Å². The summed E-state index contributed by atoms with van der Waals surface area (Å²) < 4.78 is 3.34. The molecule has 0 aliphatic heterocycles. The molecule has 4 heteroatoms. The molecule has 1 aliphatic carbocycles. The highest BCUT2D eigenvalue weighted by atomic mass is 79.9. The van der Waals surface area contributed by atoms with Crippen molar-refractivity contribution in [2.24, 2.45) is 11.8 Å². The molecule has 1 N–H and O–H groups in total. The molecule has 2 rings (SSSR count). The van der Waals surface area contributed by atoms with Gasteiger partial charge >= 0.3 is 0 Å². The molecule has 1 fully saturated rings. The van der Waals surface area contributed by atoms with Crippen molar-refractivity contribution >= 4 is 15.9 Å². The standard InChI is InChI=1S/C17H30BrN3/c1-11(2)21-16(14(18)10-20-21)17(4,5)13-8-7-12(3)9-15(13)19-6/h10-13,15,19H,7-9H2,1-6H3. The minimum absolute atomic E-state index is 0.105. The van der Waals surface area contributed by atoms with E-state index in [0.717, 1.165) is 10.4 Å². The molecule has 1 saturated carbocycles. The second-order valence-corrected chi connectivity index (χ2v) is 8.38. The van der Waals surface area contributed by atoms with E-state index in [0.29, 0.717) is 18.0 Å². The zero-order valence-corrected chi connectivity index (χ0v) is 15.9. The Balaban J connectivity index is 2.39. The van der Waals surface area contributed by atoms with Gasteiger partial charge in [0.15, 0.2) is 0 Å². The fourth-order valence-corrected chi connectivity index (χ4v) is 4.86. The van der Waals surface area contributed by atoms with Crippen LogP contribution in [0.2, 0.25) is 0 Å². The van der Waals surface area contributed by atoms with Gasteiger partial charge in [-0.3, -0.25) is 4.68 Å². The molecule has 0 spiro atoms. The summed E-state index contributed by atoms with van der Waals surface area (Å²) >= 11 is 3.74. The van der Waals surface area contributed by atoms with E-state index < -0.39 is 0 Å². The summed E-state index contributed by atoms with van der Waals surface area (Å²) in [5, 5.41) is 8.17. The Bertz CT molecular complexity index is 478. The first-order valence-corrected chi connectivity index (χ1v) is 8.99. The van der Waals surface area contributed by atoms with Crippen molar-refractivity contribution in [3.63, 3.8) is 0 Å². The first-order chi connectivity index (χ1) is 9.78. The zero-order valence-electron chi connectivity index (χ0n) is 14.3. The normalized spacial score (nSPS) is 27.3. The Hall–Kier alpha value is -0.350. The molecule has 0 radical (unpaired) electrons. The van der Waals surface area contributed by atoms with E-state index in [1.54, 1.807) is 0 Å². The lowest BCUT2D eigenvalue weighted by molar-refractivity contribution is 0.143. The summed E-state index contributed by atoms with van der Waals surface area (Å²) in [5.41, 5.74) is 1.45. The maximum atomic E-state index is 4.59. The van der Waals surface area contributed by atoms with Gasteiger partial charge in [-0.05, 0) is 61.5 Å². The highest BCUT2D eigenvalue weighted by molar-refractivity contribution is 9.10. The fraction of sp³-hybridized carbons (Fsp3) is 0.824. The van der Waals surface area contributed by atoms with E-state index in [2.05, 4.69) is 72.7 Å². The molecule has 0 aromatic carbocycles. The van der Waals surface area contributed by atoms with Crippen LogP contribution >= 0.6 is 15.9 Å². The molecule has 3 atom stereocenters. The van der Waals surface area contributed by atoms with Crippen molar-refractivity contribution in [3.05, 3.63) is 16.4 Å². The summed E-state index contributed by atoms with van der Waals surface area (Å²) in [6, 6.07) is 0.979. The van der Waals surface area contributed by atoms with Gasteiger partial charge in [0, 0.05) is 17.5 Å². The monoisotopic (exact) mass is 355 g/mol. The van der Waals surface area contributed by atoms with E-state index in [1.807, 2.05) is 6.20 Å². The van der Waals surface area contributed by atoms with Crippen molar-refractivity contribution in [1.29, 1.82) is 0 Å². The highest BCUT2D eigenvalue weighted by Crippen LogP contribution is 2.44. The van der Waals surface area contributed by atoms with Crippen LogP contribution in [0.15, 0.2) is 10.7 Å². The van der Waals surface area contributed by atoms with E-state index >= 15 is 0 Å². The van der Waals surface area contributed by atoms with E-state index in [4.69, 9.17) is 0 Å². The summed E-state index contributed by atoms with van der Waals surface area (Å²) in [6.07, 6.45) is 5.85. The topological polar surface area (TPSA) is 29.9 Å². The fourth-order valence-electron chi connectivity index (χ4n) is 4.08. The Kier molecular flexibility index (Phi) is 5.19. The van der Waals surface area contributed by atoms with Crippen molar-refractivity contribution in [1.82, 2.24) is 15.1 Å². The second-order valence-electron chi connectivity index (χ2n) is 7.52. The minimum Gasteiger partial charge on any atom is -0.317 e. The van der Waals surface area contributed by atoms with Crippen LogP contribution in [-0.2, 0) is 5.41 Å². The number of hydrogen-bond acceptors (Lipinski definition) is 2. The van der Waals surface area contributed by atoms with Crippen molar-refractivity contribution < 1.29 is 0 Å². The maximum absolute atomic E-state index is 4.59. The Morgan fingerprint density at radius 1 is 1.38 bits per heavy atom. The molecule has 120 valence electrons. The van der Waals surface area contributed by atoms with E-state index in [-0.39, 0.29) is 5.41 Å². The molecule has 21 heavy (non-hydrogen) atoms. The third-order valence-corrected chi connectivity index (χ3v) is 5.84. The molecule has 0 amide bonds. The van der Waals surface area contributed by atoms with Gasteiger partial charge in [0.1, 0.15) is 0 Å². The summed E-state index contributed by atoms with van der Waals surface area (Å²) in [5.74, 6) is 1.47. The van der Waals surface area contributed by atoms with Crippen LogP contribution in [0, 0.1) is 11.8 Å². The quantitative estimate of drug-likeness (QED) is 0.859. The van der Waals surface area contributed by atoms with Gasteiger partial charge in [0.25, 0.3) is 0 Å². The Labute approximate surface area is 138 Å². The zero-order chi connectivity index (χ0) is 15.8. The van der Waals surface area contributed by atoms with E-state index in [9.17, 15) is 0 Å². The van der Waals surface area contributed by atoms with Gasteiger partial charge in [0.05, 0.1) is 16.4 Å². The molecule has 0 saturated heterocycles. The number of aromatic nitrogens is 2. The third kappa shape index (κ3) is 3.21. The van der Waals surface area contributed by atoms with Crippen LogP contribution in [0.5, 0.6) is 0 Å². The molecule has 1 heterocycles. The van der Waals surface area contributed by atoms with Crippen LogP contribution in [-0.4, -0.2) is 22.9 Å². The number of nitrogens with one attached hydrogen (secondary N) is 1. The van der Waals surface area contributed by atoms with Crippen LogP contribution in [0.3, 0.4) is 0 Å². The predicted octanol–water partition coefficient (Wildman–Crippen LogP) is 4.53. The Morgan fingerprint density at radius 2 is 2.05 bits per heavy atom. The van der Waals surface area contributed by atoms with Gasteiger partial charge in [-0.2, -0.15) is 5.10 Å². The third-order valence-electron chi connectivity index (χ3n) is 5.26. The SMILES string of the molecule is CNC1CC(C)CCC1C(C)(C)c1c(Br)cnn1C(C)C. The lowest BCUT2D eigenvalue weighted by Crippen LogP contribution is -2.48. The molecule has 3 nitrogen and oxygen atoms in total. The van der Waals surface area contributed by atoms with Gasteiger partial charge < -0.3 is 5.32 Å². The average Bonchev–Trinajstić information content (AvgIpc) is 2.81. The molecular weight excluding hydrogens is 326 g/mol. The lowest BCUT2D eigenvalue weighted by Gasteiger charge is -2.44. The second kappa shape index (κ2) is 6.41. The van der Waals surface area contributed by atoms with Gasteiger partial charge in [-0.1, -0.05) is 27.2 Å². The van der Waals surface area contributed by atoms with Crippen LogP contribution < -0.4 is 5.32 Å². The largest absolute Gasteiger partial charge is 0.317 e. The molecule has 1 aromatic heterocycles. The van der Waals surface area contributed by atoms with E-state index in [1.165, 1.54) is 25.0 Å². The molecule has 1 aromatic rings. The van der Waals surface area contributed by atoms with Crippen LogP contribution in [0.4, 0.5) is 0 Å². The Morgan fingerprint density at radius 3 is 2.62 bits per heavy atom. The van der Waals surface area contributed by atoms with Crippen molar-refractivity contribution in [2.45, 2.75) is 71.4 Å². The lowest BCUT2D eigenvalue weighted by atomic mass is 9.65. The number of rotatable bonds is 4. The molecule has 0 bridgehead atoms. The average molecular weight is 356 g/mol. The smallest absolute Gasteiger partial charge is 0.0635 e. The van der Waals surface area contributed by atoms with Gasteiger partial charge in [-0.25, -0.2) is 0 Å². The van der Waals surface area contributed by atoms with Crippen molar-refractivity contribution in [2.75, 3.05) is 7.05 Å². The first-order valence-electron chi connectivity index (χ1n) is 8.19.